The third-order valence-corrected chi connectivity index (χ3v) is 7.55. The Bertz CT molecular complexity index is 921. The zero-order valence-electron chi connectivity index (χ0n) is 20.4. The number of pyridine rings is 1. The normalized spacial score (nSPS) is 22.6. The largest absolute Gasteiger partial charge is 0.480 e. The molecule has 1 aromatic rings. The van der Waals surface area contributed by atoms with Crippen LogP contribution in [0.5, 0.6) is 5.88 Å². The van der Waals surface area contributed by atoms with Crippen molar-refractivity contribution in [1.82, 2.24) is 20.1 Å². The highest BCUT2D eigenvalue weighted by Gasteiger charge is 2.27. The van der Waals surface area contributed by atoms with Crippen LogP contribution in [0, 0.1) is 11.8 Å². The average molecular weight is 506 g/mol. The summed E-state index contributed by atoms with van der Waals surface area (Å²) in [6.07, 6.45) is 8.60. The first kappa shape index (κ1) is 25.7. The van der Waals surface area contributed by atoms with Gasteiger partial charge in [0.05, 0.1) is 18.7 Å². The van der Waals surface area contributed by atoms with E-state index in [2.05, 4.69) is 15.2 Å². The van der Waals surface area contributed by atoms with E-state index in [0.717, 1.165) is 78.0 Å². The molecule has 0 saturated carbocycles. The molecule has 3 fully saturated rings. The molecule has 3 aliphatic heterocycles. The van der Waals surface area contributed by atoms with Gasteiger partial charge in [-0.05, 0) is 50.2 Å². The molecule has 4 rings (SSSR count). The van der Waals surface area contributed by atoms with Gasteiger partial charge in [-0.1, -0.05) is 17.7 Å². The lowest BCUT2D eigenvalue weighted by Gasteiger charge is -2.37. The molecule has 10 heteroatoms. The van der Waals surface area contributed by atoms with Crippen LogP contribution in [-0.2, 0) is 9.53 Å². The Balaban J connectivity index is 1.17. The molecule has 3 N–H and O–H groups in total. The lowest BCUT2D eigenvalue weighted by Crippen LogP contribution is -2.47. The highest BCUT2D eigenvalue weighted by molar-refractivity contribution is 6.33. The van der Waals surface area contributed by atoms with Gasteiger partial charge in [0.25, 0.3) is 5.91 Å². The van der Waals surface area contributed by atoms with Crippen LogP contribution in [-0.4, -0.2) is 85.7 Å². The first-order chi connectivity index (χ1) is 16.9. The molecule has 0 spiro atoms. The molecule has 2 amide bonds. The number of hydrogen-bond donors (Lipinski definition) is 2. The Labute approximate surface area is 212 Å². The van der Waals surface area contributed by atoms with E-state index in [4.69, 9.17) is 26.8 Å². The van der Waals surface area contributed by atoms with E-state index in [1.807, 2.05) is 11.0 Å². The molecule has 35 heavy (non-hydrogen) atoms. The summed E-state index contributed by atoms with van der Waals surface area (Å²) in [5, 5.41) is 3.32. The van der Waals surface area contributed by atoms with E-state index in [-0.39, 0.29) is 34.6 Å². The summed E-state index contributed by atoms with van der Waals surface area (Å²) in [6, 6.07) is 1.60. The highest BCUT2D eigenvalue weighted by Crippen LogP contribution is 2.26. The van der Waals surface area contributed by atoms with Crippen molar-refractivity contribution in [3.63, 3.8) is 0 Å². The molecular weight excluding hydrogens is 470 g/mol. The summed E-state index contributed by atoms with van der Waals surface area (Å²) in [6.45, 7) is 6.09. The van der Waals surface area contributed by atoms with Crippen LogP contribution in [0.15, 0.2) is 18.2 Å². The molecule has 3 aliphatic rings. The third-order valence-electron chi connectivity index (χ3n) is 7.25. The first-order valence-electron chi connectivity index (χ1n) is 12.5. The second-order valence-corrected chi connectivity index (χ2v) is 10.1. The number of anilines is 1. The van der Waals surface area contributed by atoms with E-state index in [9.17, 15) is 9.59 Å². The van der Waals surface area contributed by atoms with Crippen molar-refractivity contribution in [2.45, 2.75) is 38.1 Å². The van der Waals surface area contributed by atoms with E-state index < -0.39 is 0 Å². The number of halogens is 1. The Morgan fingerprint density at radius 2 is 1.97 bits per heavy atom. The minimum atomic E-state index is -0.249. The van der Waals surface area contributed by atoms with Crippen LogP contribution in [0.3, 0.4) is 0 Å². The number of nitrogens with one attached hydrogen (secondary N) is 1. The zero-order chi connectivity index (χ0) is 24.8. The van der Waals surface area contributed by atoms with Crippen LogP contribution in [0.1, 0.15) is 42.5 Å². The predicted molar refractivity (Wildman–Crippen MR) is 135 cm³/mol. The minimum absolute atomic E-state index is 0.0938. The standard InChI is InChI=1S/C25H36ClN5O4/c1-34-25-20(14-21(26)23(27)29-25)24(33)28-19-6-9-30(10-7-19)15-17-4-11-31(12-5-17)22(32)3-2-18-8-13-35-16-18/h2-3,14,17-19H,4-13,15-16H2,1H3,(H2,27,29)(H,28,33)/b3-2+. The lowest BCUT2D eigenvalue weighted by atomic mass is 9.94. The minimum Gasteiger partial charge on any atom is -0.480 e. The topological polar surface area (TPSA) is 110 Å². The van der Waals surface area contributed by atoms with E-state index in [1.54, 1.807) is 6.08 Å². The molecule has 192 valence electrons. The Kier molecular flexibility index (Phi) is 8.86. The number of piperidine rings is 2. The molecule has 1 aromatic heterocycles. The number of hydrogen-bond acceptors (Lipinski definition) is 7. The Morgan fingerprint density at radius 1 is 1.23 bits per heavy atom. The second kappa shape index (κ2) is 12.1. The molecule has 0 aliphatic carbocycles. The summed E-state index contributed by atoms with van der Waals surface area (Å²) < 4.78 is 10.6. The fourth-order valence-corrected chi connectivity index (χ4v) is 5.21. The quantitative estimate of drug-likeness (QED) is 0.547. The van der Waals surface area contributed by atoms with Crippen molar-refractivity contribution in [2.75, 3.05) is 58.8 Å². The van der Waals surface area contributed by atoms with Crippen molar-refractivity contribution in [3.05, 3.63) is 28.8 Å². The monoisotopic (exact) mass is 505 g/mol. The number of amides is 2. The molecular formula is C25H36ClN5O4. The smallest absolute Gasteiger partial charge is 0.257 e. The molecule has 0 radical (unpaired) electrons. The third kappa shape index (κ3) is 6.86. The van der Waals surface area contributed by atoms with Crippen molar-refractivity contribution < 1.29 is 19.1 Å². The van der Waals surface area contributed by atoms with Gasteiger partial charge in [-0.15, -0.1) is 0 Å². The number of nitrogens with zero attached hydrogens (tertiary/aromatic N) is 3. The second-order valence-electron chi connectivity index (χ2n) is 9.71. The fraction of sp³-hybridized carbons (Fsp3) is 0.640. The van der Waals surface area contributed by atoms with Crippen LogP contribution in [0.4, 0.5) is 5.82 Å². The number of nitrogens with two attached hydrogens (primary N) is 1. The Morgan fingerprint density at radius 3 is 2.63 bits per heavy atom. The lowest BCUT2D eigenvalue weighted by molar-refractivity contribution is -0.127. The van der Waals surface area contributed by atoms with E-state index in [0.29, 0.717) is 17.4 Å². The SMILES string of the molecule is COc1nc(N)c(Cl)cc1C(=O)NC1CCN(CC2CCN(C(=O)/C=C/C3CCOC3)CC2)CC1. The van der Waals surface area contributed by atoms with E-state index in [1.165, 1.54) is 13.2 Å². The summed E-state index contributed by atoms with van der Waals surface area (Å²) in [5.74, 6) is 1.17. The molecule has 1 unspecified atom stereocenters. The average Bonchev–Trinajstić information content (AvgIpc) is 3.39. The number of ether oxygens (including phenoxy) is 2. The van der Waals surface area contributed by atoms with Crippen LogP contribution in [0.2, 0.25) is 5.02 Å². The number of aromatic nitrogens is 1. The van der Waals surface area contributed by atoms with Gasteiger partial charge >= 0.3 is 0 Å². The van der Waals surface area contributed by atoms with Gasteiger partial charge in [-0.3, -0.25) is 9.59 Å². The summed E-state index contributed by atoms with van der Waals surface area (Å²) in [4.78, 5) is 33.8. The molecule has 4 heterocycles. The van der Waals surface area contributed by atoms with Gasteiger partial charge in [-0.25, -0.2) is 0 Å². The summed E-state index contributed by atoms with van der Waals surface area (Å²) >= 11 is 6.05. The predicted octanol–water partition coefficient (Wildman–Crippen LogP) is 2.35. The highest BCUT2D eigenvalue weighted by atomic mass is 35.5. The maximum absolute atomic E-state index is 12.8. The number of rotatable bonds is 7. The van der Waals surface area contributed by atoms with Gasteiger partial charge in [0, 0.05) is 51.3 Å². The fourth-order valence-electron chi connectivity index (χ4n) is 5.06. The van der Waals surface area contributed by atoms with Crippen LogP contribution in [0.25, 0.3) is 0 Å². The molecule has 0 bridgehead atoms. The molecule has 3 saturated heterocycles. The van der Waals surface area contributed by atoms with Gasteiger partial charge in [0.1, 0.15) is 11.4 Å². The van der Waals surface area contributed by atoms with Crippen LogP contribution >= 0.6 is 11.6 Å². The number of likely N-dealkylation sites (tertiary alicyclic amines) is 2. The summed E-state index contributed by atoms with van der Waals surface area (Å²) in [5.41, 5.74) is 6.01. The number of methoxy groups -OCH3 is 1. The van der Waals surface area contributed by atoms with Gasteiger partial charge in [-0.2, -0.15) is 4.98 Å². The number of nitrogen functional groups attached to an aromatic ring is 1. The summed E-state index contributed by atoms with van der Waals surface area (Å²) in [7, 11) is 1.45. The van der Waals surface area contributed by atoms with Crippen molar-refractivity contribution in [1.29, 1.82) is 0 Å². The molecule has 9 nitrogen and oxygen atoms in total. The molecule has 1 atom stereocenters. The molecule has 0 aromatic carbocycles. The zero-order valence-corrected chi connectivity index (χ0v) is 21.1. The Hall–Kier alpha value is -2.36. The van der Waals surface area contributed by atoms with Crippen molar-refractivity contribution in [3.8, 4) is 5.88 Å². The van der Waals surface area contributed by atoms with Crippen LogP contribution < -0.4 is 15.8 Å². The number of carbonyl (C=O) groups is 2. The van der Waals surface area contributed by atoms with E-state index >= 15 is 0 Å². The number of carbonyl (C=O) groups excluding carboxylic acids is 2. The maximum Gasteiger partial charge on any atom is 0.257 e. The van der Waals surface area contributed by atoms with Crippen molar-refractivity contribution in [2.24, 2.45) is 11.8 Å². The van der Waals surface area contributed by atoms with Gasteiger partial charge in [0.15, 0.2) is 0 Å². The van der Waals surface area contributed by atoms with Gasteiger partial charge < -0.3 is 30.3 Å². The van der Waals surface area contributed by atoms with Gasteiger partial charge in [0.2, 0.25) is 11.8 Å². The maximum atomic E-state index is 12.8. The van der Waals surface area contributed by atoms with Crippen molar-refractivity contribution >= 4 is 29.2 Å². The first-order valence-corrected chi connectivity index (χ1v) is 12.9.